The summed E-state index contributed by atoms with van der Waals surface area (Å²) in [6.07, 6.45) is 2.58. The summed E-state index contributed by atoms with van der Waals surface area (Å²) in [4.78, 5) is 28.3. The molecule has 0 radical (unpaired) electrons. The molecule has 3 N–H and O–H groups in total. The average molecular weight is 393 g/mol. The van der Waals surface area contributed by atoms with Gasteiger partial charge in [0.25, 0.3) is 0 Å². The number of carbonyl (C=O) groups is 2. The van der Waals surface area contributed by atoms with Crippen molar-refractivity contribution < 1.29 is 28.7 Å². The summed E-state index contributed by atoms with van der Waals surface area (Å²) in [5.41, 5.74) is 1.22. The number of amides is 2. The minimum atomic E-state index is -0.770. The first-order valence-corrected chi connectivity index (χ1v) is 9.30. The third kappa shape index (κ3) is 4.90. The first-order chi connectivity index (χ1) is 13.5. The van der Waals surface area contributed by atoms with E-state index in [1.54, 1.807) is 6.07 Å². The van der Waals surface area contributed by atoms with Gasteiger partial charge < -0.3 is 25.3 Å². The molecule has 1 heterocycles. The number of carboxylic acids is 1. The minimum absolute atomic E-state index is 0.0193. The molecule has 28 heavy (non-hydrogen) atoms. The number of carbonyl (C=O) groups excluding carboxylic acids is 1. The number of hydrogen-bond donors (Lipinski definition) is 3. The largest absolute Gasteiger partial charge is 0.494 e. The van der Waals surface area contributed by atoms with Gasteiger partial charge in [-0.25, -0.2) is 9.18 Å². The zero-order chi connectivity index (χ0) is 20.1. The van der Waals surface area contributed by atoms with Crippen LogP contribution in [-0.4, -0.2) is 48.6 Å². The molecule has 1 aliphatic carbocycles. The van der Waals surface area contributed by atoms with Crippen molar-refractivity contribution in [3.05, 3.63) is 29.6 Å². The van der Waals surface area contributed by atoms with Gasteiger partial charge in [-0.3, -0.25) is 4.79 Å². The van der Waals surface area contributed by atoms with E-state index in [4.69, 9.17) is 14.7 Å². The highest BCUT2D eigenvalue weighted by atomic mass is 19.1. The van der Waals surface area contributed by atoms with Gasteiger partial charge in [0.1, 0.15) is 0 Å². The number of methoxy groups -OCH3 is 1. The van der Waals surface area contributed by atoms with E-state index in [1.807, 2.05) is 0 Å². The molecule has 152 valence electrons. The van der Waals surface area contributed by atoms with Crippen molar-refractivity contribution in [1.82, 2.24) is 10.6 Å². The molecule has 9 heteroatoms. The molecule has 1 aromatic rings. The second-order valence-electron chi connectivity index (χ2n) is 7.06. The highest BCUT2D eigenvalue weighted by Crippen LogP contribution is 2.24. The van der Waals surface area contributed by atoms with Crippen LogP contribution < -0.4 is 15.4 Å². The maximum atomic E-state index is 13.8. The van der Waals surface area contributed by atoms with Crippen molar-refractivity contribution in [1.29, 1.82) is 0 Å². The fraction of sp³-hybridized carbons (Fsp3) is 0.526. The number of urea groups is 1. The molecule has 1 unspecified atom stereocenters. The number of nitrogens with zero attached hydrogens (tertiary/aromatic N) is 1. The Balaban J connectivity index is 1.40. The molecule has 1 aliphatic heterocycles. The molecule has 0 saturated heterocycles. The van der Waals surface area contributed by atoms with Crippen molar-refractivity contribution in [3.63, 3.8) is 0 Å². The topological polar surface area (TPSA) is 109 Å². The molecule has 1 aromatic carbocycles. The van der Waals surface area contributed by atoms with Crippen LogP contribution >= 0.6 is 0 Å². The highest BCUT2D eigenvalue weighted by molar-refractivity contribution is 6.01. The van der Waals surface area contributed by atoms with Crippen LogP contribution in [0.25, 0.3) is 0 Å². The Morgan fingerprint density at radius 2 is 2.07 bits per heavy atom. The van der Waals surface area contributed by atoms with E-state index < -0.39 is 11.8 Å². The van der Waals surface area contributed by atoms with Gasteiger partial charge in [-0.1, -0.05) is 5.16 Å². The Morgan fingerprint density at radius 3 is 2.71 bits per heavy atom. The van der Waals surface area contributed by atoms with Crippen molar-refractivity contribution >= 4 is 17.7 Å². The van der Waals surface area contributed by atoms with Gasteiger partial charge in [0.15, 0.2) is 17.7 Å². The van der Waals surface area contributed by atoms with Gasteiger partial charge in [0.05, 0.1) is 25.3 Å². The Kier molecular flexibility index (Phi) is 6.33. The van der Waals surface area contributed by atoms with Crippen LogP contribution in [0.5, 0.6) is 5.75 Å². The van der Waals surface area contributed by atoms with Crippen molar-refractivity contribution in [2.45, 2.75) is 44.2 Å². The number of rotatable bonds is 6. The maximum absolute atomic E-state index is 13.8. The second-order valence-corrected chi connectivity index (χ2v) is 7.06. The van der Waals surface area contributed by atoms with E-state index in [0.29, 0.717) is 43.4 Å². The van der Waals surface area contributed by atoms with Crippen molar-refractivity contribution in [2.24, 2.45) is 11.1 Å². The Morgan fingerprint density at radius 1 is 1.32 bits per heavy atom. The summed E-state index contributed by atoms with van der Waals surface area (Å²) >= 11 is 0. The molecule has 8 nitrogen and oxygen atoms in total. The van der Waals surface area contributed by atoms with E-state index in [2.05, 4.69) is 15.8 Å². The van der Waals surface area contributed by atoms with Crippen LogP contribution in [0.15, 0.2) is 23.4 Å². The SMILES string of the molecule is COc1ccc(C2=NOC(CNC(=O)NC3CCC(C(=O)O)CC3)C2)cc1F. The number of halogens is 1. The molecule has 0 bridgehead atoms. The first-order valence-electron chi connectivity index (χ1n) is 9.30. The van der Waals surface area contributed by atoms with E-state index in [1.165, 1.54) is 19.2 Å². The van der Waals surface area contributed by atoms with Gasteiger partial charge >= 0.3 is 12.0 Å². The Labute approximate surface area is 162 Å². The van der Waals surface area contributed by atoms with Crippen LogP contribution in [0.3, 0.4) is 0 Å². The number of hydrogen-bond acceptors (Lipinski definition) is 5. The third-order valence-corrected chi connectivity index (χ3v) is 5.12. The summed E-state index contributed by atoms with van der Waals surface area (Å²) in [6.45, 7) is 0.266. The average Bonchev–Trinajstić information content (AvgIpc) is 3.16. The molecule has 1 atom stereocenters. The number of ether oxygens (including phenoxy) is 1. The molecule has 0 aromatic heterocycles. The summed E-state index contributed by atoms with van der Waals surface area (Å²) in [5, 5.41) is 18.6. The normalized spacial score (nSPS) is 24.1. The van der Waals surface area contributed by atoms with Gasteiger partial charge in [-0.2, -0.15) is 0 Å². The number of oxime groups is 1. The molecule has 3 rings (SSSR count). The summed E-state index contributed by atoms with van der Waals surface area (Å²) < 4.78 is 18.7. The zero-order valence-electron chi connectivity index (χ0n) is 15.6. The fourth-order valence-electron chi connectivity index (χ4n) is 3.48. The van der Waals surface area contributed by atoms with Crippen LogP contribution in [0.2, 0.25) is 0 Å². The molecule has 1 fully saturated rings. The van der Waals surface area contributed by atoms with Gasteiger partial charge in [-0.15, -0.1) is 0 Å². The van der Waals surface area contributed by atoms with Crippen LogP contribution in [0, 0.1) is 11.7 Å². The maximum Gasteiger partial charge on any atom is 0.315 e. The monoisotopic (exact) mass is 393 g/mol. The molecule has 0 spiro atoms. The molecular weight excluding hydrogens is 369 g/mol. The molecular formula is C19H24FN3O5. The lowest BCUT2D eigenvalue weighted by Crippen LogP contribution is -2.46. The number of carboxylic acid groups (broad SMARTS) is 1. The van der Waals surface area contributed by atoms with Gasteiger partial charge in [-0.05, 0) is 43.9 Å². The predicted molar refractivity (Wildman–Crippen MR) is 98.9 cm³/mol. The molecule has 2 amide bonds. The van der Waals surface area contributed by atoms with E-state index in [9.17, 15) is 14.0 Å². The minimum Gasteiger partial charge on any atom is -0.494 e. The lowest BCUT2D eigenvalue weighted by atomic mass is 9.86. The van der Waals surface area contributed by atoms with Crippen molar-refractivity contribution in [3.8, 4) is 5.75 Å². The van der Waals surface area contributed by atoms with E-state index in [0.717, 1.165) is 0 Å². The first kappa shape index (κ1) is 19.9. The number of benzene rings is 1. The number of aliphatic carboxylic acids is 1. The number of nitrogens with one attached hydrogen (secondary N) is 2. The second kappa shape index (κ2) is 8.90. The van der Waals surface area contributed by atoms with Gasteiger partial charge in [0, 0.05) is 18.0 Å². The van der Waals surface area contributed by atoms with Gasteiger partial charge in [0.2, 0.25) is 0 Å². The summed E-state index contributed by atoms with van der Waals surface area (Å²) in [5.74, 6) is -1.39. The standard InChI is InChI=1S/C19H24FN3O5/c1-27-17-7-4-12(8-15(17)20)16-9-14(28-23-16)10-21-19(26)22-13-5-2-11(3-6-13)18(24)25/h4,7-8,11,13-14H,2-3,5-6,9-10H2,1H3,(H,24,25)(H2,21,22,26). The summed E-state index contributed by atoms with van der Waals surface area (Å²) in [7, 11) is 1.40. The van der Waals surface area contributed by atoms with Crippen LogP contribution in [0.1, 0.15) is 37.7 Å². The molecule has 1 saturated carbocycles. The van der Waals surface area contributed by atoms with E-state index >= 15 is 0 Å². The lowest BCUT2D eigenvalue weighted by Gasteiger charge is -2.27. The zero-order valence-corrected chi connectivity index (χ0v) is 15.6. The van der Waals surface area contributed by atoms with Crippen LogP contribution in [-0.2, 0) is 9.63 Å². The Hall–Kier alpha value is -2.84. The third-order valence-electron chi connectivity index (χ3n) is 5.12. The Bertz CT molecular complexity index is 762. The lowest BCUT2D eigenvalue weighted by molar-refractivity contribution is -0.142. The summed E-state index contributed by atoms with van der Waals surface area (Å²) in [6, 6.07) is 4.25. The smallest absolute Gasteiger partial charge is 0.315 e. The molecule has 2 aliphatic rings. The quantitative estimate of drug-likeness (QED) is 0.687. The highest BCUT2D eigenvalue weighted by Gasteiger charge is 2.27. The fourth-order valence-corrected chi connectivity index (χ4v) is 3.48. The van der Waals surface area contributed by atoms with E-state index in [-0.39, 0.29) is 36.4 Å². The van der Waals surface area contributed by atoms with Crippen LogP contribution in [0.4, 0.5) is 9.18 Å². The predicted octanol–water partition coefficient (Wildman–Crippen LogP) is 2.27. The van der Waals surface area contributed by atoms with Crippen molar-refractivity contribution in [2.75, 3.05) is 13.7 Å².